The van der Waals surface area contributed by atoms with Crippen molar-refractivity contribution in [2.45, 2.75) is 96.9 Å². The van der Waals surface area contributed by atoms with Gasteiger partial charge in [-0.1, -0.05) is 6.08 Å². The van der Waals surface area contributed by atoms with Gasteiger partial charge >= 0.3 is 5.97 Å². The summed E-state index contributed by atoms with van der Waals surface area (Å²) in [6.07, 6.45) is 5.28. The molecule has 0 aromatic rings. The average Bonchev–Trinajstić information content (AvgIpc) is 2.37. The lowest BCUT2D eigenvalue weighted by Crippen LogP contribution is -2.41. The normalized spacial score (nSPS) is 26.5. The van der Waals surface area contributed by atoms with E-state index in [1.54, 1.807) is 0 Å². The molecule has 1 aliphatic rings. The highest BCUT2D eigenvalue weighted by molar-refractivity contribution is 5.82. The lowest BCUT2D eigenvalue weighted by molar-refractivity contribution is -0.254. The molecule has 1 saturated heterocycles. The summed E-state index contributed by atoms with van der Waals surface area (Å²) in [7, 11) is 0. The number of hydrogen-bond donors (Lipinski definition) is 1. The second-order valence-corrected chi connectivity index (χ2v) is 7.77. The number of allylic oxidation sites excluding steroid dienone is 1. The zero-order chi connectivity index (χ0) is 17.7. The van der Waals surface area contributed by atoms with E-state index in [-0.39, 0.29) is 24.0 Å². The number of carbonyl (C=O) groups is 1. The van der Waals surface area contributed by atoms with Gasteiger partial charge in [0.05, 0.1) is 17.8 Å². The van der Waals surface area contributed by atoms with E-state index < -0.39 is 11.7 Å². The Morgan fingerprint density at radius 1 is 1.26 bits per heavy atom. The van der Waals surface area contributed by atoms with Gasteiger partial charge in [-0.3, -0.25) is 0 Å². The van der Waals surface area contributed by atoms with E-state index in [0.717, 1.165) is 12.8 Å². The molecule has 0 amide bonds. The van der Waals surface area contributed by atoms with Gasteiger partial charge in [0.15, 0.2) is 6.29 Å². The Morgan fingerprint density at radius 2 is 1.91 bits per heavy atom. The first kappa shape index (κ1) is 20.1. The van der Waals surface area contributed by atoms with Crippen LogP contribution >= 0.6 is 0 Å². The average molecular weight is 328 g/mol. The molecule has 1 aliphatic heterocycles. The molecule has 0 saturated carbocycles. The molecule has 0 aromatic heterocycles. The minimum Gasteiger partial charge on any atom is -0.457 e. The van der Waals surface area contributed by atoms with Crippen molar-refractivity contribution in [1.82, 2.24) is 0 Å². The van der Waals surface area contributed by atoms with Gasteiger partial charge in [-0.15, -0.1) is 0 Å². The minimum absolute atomic E-state index is 0.198. The molecule has 1 heterocycles. The first-order valence-electron chi connectivity index (χ1n) is 8.39. The number of carbonyl (C=O) groups excluding carboxylic acids is 1. The van der Waals surface area contributed by atoms with Gasteiger partial charge in [-0.2, -0.15) is 0 Å². The van der Waals surface area contributed by atoms with Crippen LogP contribution in [0.2, 0.25) is 0 Å². The number of esters is 1. The van der Waals surface area contributed by atoms with E-state index in [2.05, 4.69) is 0 Å². The van der Waals surface area contributed by atoms with Gasteiger partial charge in [0.25, 0.3) is 0 Å². The Morgan fingerprint density at radius 3 is 2.48 bits per heavy atom. The fraction of sp³-hybridized carbons (Fsp3) is 0.833. The summed E-state index contributed by atoms with van der Waals surface area (Å²) in [5.41, 5.74) is -0.825. The van der Waals surface area contributed by atoms with Gasteiger partial charge in [0.2, 0.25) is 0 Å². The number of ether oxygens (including phenoxy) is 3. The van der Waals surface area contributed by atoms with Crippen LogP contribution in [0, 0.1) is 0 Å². The van der Waals surface area contributed by atoms with Gasteiger partial charge in [-0.25, -0.2) is 4.79 Å². The van der Waals surface area contributed by atoms with Gasteiger partial charge in [-0.05, 0) is 60.8 Å². The lowest BCUT2D eigenvalue weighted by atomic mass is 10.0. The highest BCUT2D eigenvalue weighted by atomic mass is 16.7. The van der Waals surface area contributed by atoms with E-state index in [4.69, 9.17) is 14.2 Å². The predicted molar refractivity (Wildman–Crippen MR) is 89.0 cm³/mol. The Hall–Kier alpha value is -0.910. The molecule has 0 radical (unpaired) electrons. The summed E-state index contributed by atoms with van der Waals surface area (Å²) >= 11 is 0. The highest BCUT2D eigenvalue weighted by Crippen LogP contribution is 2.27. The molecule has 23 heavy (non-hydrogen) atoms. The summed E-state index contributed by atoms with van der Waals surface area (Å²) in [5, 5.41) is 9.67. The third kappa shape index (κ3) is 8.49. The molecule has 5 heteroatoms. The zero-order valence-corrected chi connectivity index (χ0v) is 15.3. The standard InChI is InChI=1S/C18H32O5/c1-13-14(19)10-11-16(21-13)23-18(5,6)12-8-7-9-15(20)22-17(2,3)4/h7,9,13-14,16,19H,8,10-12H2,1-6H3/b9-7+/t13-,14+,16-/m0/s1. The minimum atomic E-state index is -0.469. The maximum Gasteiger partial charge on any atom is 0.330 e. The molecule has 0 aliphatic carbocycles. The maximum absolute atomic E-state index is 11.6. The van der Waals surface area contributed by atoms with Crippen LogP contribution in [0.4, 0.5) is 0 Å². The SMILES string of the molecule is C[C@@H]1O[C@@H](OC(C)(C)CC/C=C/C(=O)OC(C)(C)C)CC[C@H]1O. The molecular weight excluding hydrogens is 296 g/mol. The van der Waals surface area contributed by atoms with Gasteiger partial charge in [0, 0.05) is 12.5 Å². The Labute approximate surface area is 140 Å². The second kappa shape index (κ2) is 8.27. The Kier molecular flexibility index (Phi) is 7.24. The van der Waals surface area contributed by atoms with Crippen LogP contribution in [0.25, 0.3) is 0 Å². The van der Waals surface area contributed by atoms with E-state index in [9.17, 15) is 9.90 Å². The topological polar surface area (TPSA) is 65.0 Å². The molecule has 0 aromatic carbocycles. The van der Waals surface area contributed by atoms with Crippen molar-refractivity contribution >= 4 is 5.97 Å². The summed E-state index contributed by atoms with van der Waals surface area (Å²) in [5.74, 6) is -0.324. The summed E-state index contributed by atoms with van der Waals surface area (Å²) < 4.78 is 16.9. The highest BCUT2D eigenvalue weighted by Gasteiger charge is 2.31. The van der Waals surface area contributed by atoms with E-state index >= 15 is 0 Å². The number of rotatable bonds is 6. The third-order valence-electron chi connectivity index (χ3n) is 3.63. The molecule has 1 rings (SSSR count). The van der Waals surface area contributed by atoms with Crippen molar-refractivity contribution < 1.29 is 24.1 Å². The van der Waals surface area contributed by atoms with Crippen LogP contribution in [0.1, 0.15) is 67.2 Å². The zero-order valence-electron chi connectivity index (χ0n) is 15.3. The molecule has 1 N–H and O–H groups in total. The monoisotopic (exact) mass is 328 g/mol. The van der Waals surface area contributed by atoms with E-state index in [1.807, 2.05) is 47.6 Å². The quantitative estimate of drug-likeness (QED) is 0.598. The Bertz CT molecular complexity index is 408. The van der Waals surface area contributed by atoms with Crippen LogP contribution in [-0.4, -0.2) is 40.8 Å². The number of aliphatic hydroxyl groups is 1. The summed E-state index contributed by atoms with van der Waals surface area (Å²) in [6.45, 7) is 11.4. The van der Waals surface area contributed by atoms with Crippen molar-refractivity contribution in [3.05, 3.63) is 12.2 Å². The van der Waals surface area contributed by atoms with Crippen LogP contribution in [0.15, 0.2) is 12.2 Å². The van der Waals surface area contributed by atoms with Crippen molar-refractivity contribution in [2.75, 3.05) is 0 Å². The fourth-order valence-corrected chi connectivity index (χ4v) is 2.39. The van der Waals surface area contributed by atoms with Gasteiger partial charge in [0.1, 0.15) is 5.60 Å². The first-order valence-corrected chi connectivity index (χ1v) is 8.39. The lowest BCUT2D eigenvalue weighted by Gasteiger charge is -2.36. The molecule has 3 atom stereocenters. The summed E-state index contributed by atoms with van der Waals surface area (Å²) in [6, 6.07) is 0. The molecule has 1 fully saturated rings. The molecule has 134 valence electrons. The molecule has 0 unspecified atom stereocenters. The Balaban J connectivity index is 2.34. The van der Waals surface area contributed by atoms with Crippen molar-refractivity contribution in [1.29, 1.82) is 0 Å². The third-order valence-corrected chi connectivity index (χ3v) is 3.63. The second-order valence-electron chi connectivity index (χ2n) is 7.77. The van der Waals surface area contributed by atoms with Crippen molar-refractivity contribution in [3.63, 3.8) is 0 Å². The van der Waals surface area contributed by atoms with Crippen LogP contribution in [0.5, 0.6) is 0 Å². The smallest absolute Gasteiger partial charge is 0.330 e. The largest absolute Gasteiger partial charge is 0.457 e. The molecular formula is C18H32O5. The number of aliphatic hydroxyl groups excluding tert-OH is 1. The number of hydrogen-bond acceptors (Lipinski definition) is 5. The molecule has 0 spiro atoms. The molecule has 5 nitrogen and oxygen atoms in total. The van der Waals surface area contributed by atoms with Crippen molar-refractivity contribution in [2.24, 2.45) is 0 Å². The maximum atomic E-state index is 11.6. The van der Waals surface area contributed by atoms with Crippen LogP contribution < -0.4 is 0 Å². The first-order chi connectivity index (χ1) is 10.5. The van der Waals surface area contributed by atoms with Crippen LogP contribution in [0.3, 0.4) is 0 Å². The van der Waals surface area contributed by atoms with E-state index in [1.165, 1.54) is 6.08 Å². The van der Waals surface area contributed by atoms with Gasteiger partial charge < -0.3 is 19.3 Å². The predicted octanol–water partition coefficient (Wildman–Crippen LogP) is 3.35. The van der Waals surface area contributed by atoms with Crippen LogP contribution in [-0.2, 0) is 19.0 Å². The fourth-order valence-electron chi connectivity index (χ4n) is 2.39. The van der Waals surface area contributed by atoms with Crippen molar-refractivity contribution in [3.8, 4) is 0 Å². The summed E-state index contributed by atoms with van der Waals surface area (Å²) in [4.78, 5) is 11.6. The molecule has 0 bridgehead atoms. The van der Waals surface area contributed by atoms with E-state index in [0.29, 0.717) is 12.8 Å².